The lowest BCUT2D eigenvalue weighted by Crippen LogP contribution is -2.45. The van der Waals surface area contributed by atoms with Crippen molar-refractivity contribution in [2.24, 2.45) is 0 Å². The largest absolute Gasteiger partial charge is 0.454 e. The molecule has 28 heavy (non-hydrogen) atoms. The van der Waals surface area contributed by atoms with Crippen molar-refractivity contribution in [3.63, 3.8) is 0 Å². The Bertz CT molecular complexity index is 770. The number of halogens is 1. The van der Waals surface area contributed by atoms with E-state index >= 15 is 0 Å². The van der Waals surface area contributed by atoms with Crippen molar-refractivity contribution in [3.05, 3.63) is 38.9 Å². The fraction of sp³-hybridized carbons (Fsp3) is 0.500. The minimum Gasteiger partial charge on any atom is -0.454 e. The van der Waals surface area contributed by atoms with Crippen molar-refractivity contribution in [3.8, 4) is 0 Å². The van der Waals surface area contributed by atoms with Crippen LogP contribution in [0.25, 0.3) is 0 Å². The Morgan fingerprint density at radius 1 is 1.36 bits per heavy atom. The lowest BCUT2D eigenvalue weighted by molar-refractivity contribution is -0.384. The van der Waals surface area contributed by atoms with E-state index in [1.165, 1.54) is 12.1 Å². The van der Waals surface area contributed by atoms with Crippen LogP contribution in [0.2, 0.25) is 5.02 Å². The first kappa shape index (κ1) is 21.6. The van der Waals surface area contributed by atoms with Gasteiger partial charge in [-0.1, -0.05) is 18.5 Å². The third-order valence-electron chi connectivity index (χ3n) is 4.57. The van der Waals surface area contributed by atoms with Gasteiger partial charge in [0.15, 0.2) is 6.61 Å². The maximum atomic E-state index is 12.2. The molecule has 9 nitrogen and oxygen atoms in total. The third kappa shape index (κ3) is 5.66. The van der Waals surface area contributed by atoms with Crippen LogP contribution in [0.4, 0.5) is 5.69 Å². The molecule has 1 saturated heterocycles. The first-order valence-electron chi connectivity index (χ1n) is 9.00. The Balaban J connectivity index is 1.82. The van der Waals surface area contributed by atoms with Crippen LogP contribution in [0.15, 0.2) is 18.2 Å². The molecule has 1 aromatic rings. The quantitative estimate of drug-likeness (QED) is 0.417. The van der Waals surface area contributed by atoms with E-state index in [2.05, 4.69) is 5.32 Å². The summed E-state index contributed by atoms with van der Waals surface area (Å²) in [6, 6.07) is 3.73. The highest BCUT2D eigenvalue weighted by molar-refractivity contribution is 6.32. The minimum absolute atomic E-state index is 0.0147. The maximum Gasteiger partial charge on any atom is 0.325 e. The molecule has 0 unspecified atom stereocenters. The van der Waals surface area contributed by atoms with Gasteiger partial charge in [0.2, 0.25) is 0 Å². The third-order valence-corrected chi connectivity index (χ3v) is 4.89. The second-order valence-electron chi connectivity index (χ2n) is 6.41. The standard InChI is InChI=1S/C18H22ClN3O6/c1-2-13-5-3-4-8-21(13)16(23)11-28-17(24)10-20-18(25)12-6-7-14(19)15(9-12)22(26)27/h6-7,9,13H,2-5,8,10-11H2,1H3,(H,20,25)/t13-/m0/s1. The number of nitro groups is 1. The lowest BCUT2D eigenvalue weighted by Gasteiger charge is -2.35. The van der Waals surface area contributed by atoms with Gasteiger partial charge in [0, 0.05) is 24.2 Å². The Labute approximate surface area is 167 Å². The monoisotopic (exact) mass is 411 g/mol. The Hall–Kier alpha value is -2.68. The number of carbonyl (C=O) groups is 3. The number of piperidine rings is 1. The van der Waals surface area contributed by atoms with Gasteiger partial charge < -0.3 is 15.0 Å². The molecule has 0 aromatic heterocycles. The van der Waals surface area contributed by atoms with Crippen LogP contribution < -0.4 is 5.32 Å². The summed E-state index contributed by atoms with van der Waals surface area (Å²) in [4.78, 5) is 48.0. The summed E-state index contributed by atoms with van der Waals surface area (Å²) in [6.07, 6.45) is 3.80. The highest BCUT2D eigenvalue weighted by Gasteiger charge is 2.26. The summed E-state index contributed by atoms with van der Waals surface area (Å²) in [7, 11) is 0. The summed E-state index contributed by atoms with van der Waals surface area (Å²) in [6.45, 7) is 1.83. The average molecular weight is 412 g/mol. The molecule has 1 heterocycles. The molecule has 0 bridgehead atoms. The molecule has 1 aliphatic heterocycles. The number of ether oxygens (including phenoxy) is 1. The number of nitrogens with zero attached hydrogens (tertiary/aromatic N) is 2. The van der Waals surface area contributed by atoms with Crippen molar-refractivity contribution < 1.29 is 24.0 Å². The molecule has 2 amide bonds. The molecule has 1 N–H and O–H groups in total. The van der Waals surface area contributed by atoms with Gasteiger partial charge in [0.1, 0.15) is 11.6 Å². The van der Waals surface area contributed by atoms with E-state index in [4.69, 9.17) is 16.3 Å². The van der Waals surface area contributed by atoms with Crippen LogP contribution in [0, 0.1) is 10.1 Å². The van der Waals surface area contributed by atoms with E-state index < -0.39 is 29.0 Å². The Morgan fingerprint density at radius 2 is 2.11 bits per heavy atom. The number of nitrogens with one attached hydrogen (secondary N) is 1. The fourth-order valence-electron chi connectivity index (χ4n) is 3.08. The topological polar surface area (TPSA) is 119 Å². The van der Waals surface area contributed by atoms with Crippen LogP contribution in [0.5, 0.6) is 0 Å². The Morgan fingerprint density at radius 3 is 2.79 bits per heavy atom. The van der Waals surface area contributed by atoms with Gasteiger partial charge in [0.05, 0.1) is 4.92 Å². The first-order valence-corrected chi connectivity index (χ1v) is 9.38. The van der Waals surface area contributed by atoms with Crippen LogP contribution in [-0.2, 0) is 14.3 Å². The number of esters is 1. The average Bonchev–Trinajstić information content (AvgIpc) is 2.70. The summed E-state index contributed by atoms with van der Waals surface area (Å²) in [5.74, 6) is -1.71. The van der Waals surface area contributed by atoms with E-state index in [1.807, 2.05) is 6.92 Å². The minimum atomic E-state index is -0.768. The van der Waals surface area contributed by atoms with E-state index in [1.54, 1.807) is 4.90 Å². The molecule has 0 spiro atoms. The predicted molar refractivity (Wildman–Crippen MR) is 101 cm³/mol. The summed E-state index contributed by atoms with van der Waals surface area (Å²) in [5, 5.41) is 13.1. The molecule has 0 saturated carbocycles. The van der Waals surface area contributed by atoms with Gasteiger partial charge >= 0.3 is 5.97 Å². The second kappa shape index (κ2) is 10.0. The van der Waals surface area contributed by atoms with Crippen molar-refractivity contribution in [1.82, 2.24) is 10.2 Å². The van der Waals surface area contributed by atoms with E-state index in [9.17, 15) is 24.5 Å². The van der Waals surface area contributed by atoms with Crippen molar-refractivity contribution >= 4 is 35.1 Å². The summed E-state index contributed by atoms with van der Waals surface area (Å²) >= 11 is 5.70. The molecule has 1 atom stereocenters. The number of rotatable bonds is 7. The second-order valence-corrected chi connectivity index (χ2v) is 6.82. The zero-order valence-electron chi connectivity index (χ0n) is 15.5. The highest BCUT2D eigenvalue weighted by atomic mass is 35.5. The number of amides is 2. The SMILES string of the molecule is CC[C@H]1CCCCN1C(=O)COC(=O)CNC(=O)c1ccc(Cl)c([N+](=O)[O-])c1. The molecule has 1 fully saturated rings. The zero-order chi connectivity index (χ0) is 20.7. The van der Waals surface area contributed by atoms with Crippen LogP contribution >= 0.6 is 11.6 Å². The number of carbonyl (C=O) groups excluding carboxylic acids is 3. The highest BCUT2D eigenvalue weighted by Crippen LogP contribution is 2.25. The number of hydrogen-bond donors (Lipinski definition) is 1. The number of hydrogen-bond acceptors (Lipinski definition) is 6. The smallest absolute Gasteiger partial charge is 0.325 e. The molecular formula is C18H22ClN3O6. The fourth-order valence-corrected chi connectivity index (χ4v) is 3.26. The Kier molecular flexibility index (Phi) is 7.74. The van der Waals surface area contributed by atoms with Crippen LogP contribution in [0.1, 0.15) is 43.0 Å². The van der Waals surface area contributed by atoms with Gasteiger partial charge in [-0.3, -0.25) is 24.5 Å². The van der Waals surface area contributed by atoms with Gasteiger partial charge in [-0.05, 0) is 37.8 Å². The van der Waals surface area contributed by atoms with Crippen LogP contribution in [0.3, 0.4) is 0 Å². The number of likely N-dealkylation sites (tertiary alicyclic amines) is 1. The van der Waals surface area contributed by atoms with Gasteiger partial charge in [-0.15, -0.1) is 0 Å². The molecule has 152 valence electrons. The lowest BCUT2D eigenvalue weighted by atomic mass is 10.00. The van der Waals surface area contributed by atoms with Crippen molar-refractivity contribution in [2.45, 2.75) is 38.6 Å². The molecule has 0 radical (unpaired) electrons. The molecule has 1 aromatic carbocycles. The van der Waals surface area contributed by atoms with E-state index in [0.717, 1.165) is 31.7 Å². The van der Waals surface area contributed by atoms with E-state index in [-0.39, 0.29) is 29.1 Å². The van der Waals surface area contributed by atoms with Crippen molar-refractivity contribution in [2.75, 3.05) is 19.7 Å². The normalized spacial score (nSPS) is 16.4. The van der Waals surface area contributed by atoms with Gasteiger partial charge in [-0.25, -0.2) is 0 Å². The summed E-state index contributed by atoms with van der Waals surface area (Å²) < 4.78 is 4.94. The first-order chi connectivity index (χ1) is 13.3. The predicted octanol–water partition coefficient (Wildman–Crippen LogP) is 2.31. The number of nitro benzene ring substituents is 1. The molecular weight excluding hydrogens is 390 g/mol. The van der Waals surface area contributed by atoms with Crippen molar-refractivity contribution in [1.29, 1.82) is 0 Å². The zero-order valence-corrected chi connectivity index (χ0v) is 16.2. The number of benzene rings is 1. The molecule has 10 heteroatoms. The molecule has 1 aliphatic rings. The van der Waals surface area contributed by atoms with Gasteiger partial charge in [0.25, 0.3) is 17.5 Å². The maximum absolute atomic E-state index is 12.2. The summed E-state index contributed by atoms with van der Waals surface area (Å²) in [5.41, 5.74) is -0.423. The van der Waals surface area contributed by atoms with Crippen LogP contribution in [-0.4, -0.2) is 53.3 Å². The molecule has 0 aliphatic carbocycles. The van der Waals surface area contributed by atoms with E-state index in [0.29, 0.717) is 6.54 Å². The molecule has 2 rings (SSSR count). The van der Waals surface area contributed by atoms with Gasteiger partial charge in [-0.2, -0.15) is 0 Å².